The molecule has 0 atom stereocenters. The molecule has 6 heteroatoms. The van der Waals surface area contributed by atoms with Crippen LogP contribution in [0, 0.1) is 0 Å². The lowest BCUT2D eigenvalue weighted by Gasteiger charge is -2.08. The van der Waals surface area contributed by atoms with Crippen LogP contribution in [0.3, 0.4) is 0 Å². The summed E-state index contributed by atoms with van der Waals surface area (Å²) in [5.41, 5.74) is 0. The van der Waals surface area contributed by atoms with Crippen molar-refractivity contribution in [2.75, 3.05) is 21.1 Å². The fourth-order valence-corrected chi connectivity index (χ4v) is 0. The van der Waals surface area contributed by atoms with E-state index < -0.39 is 11.9 Å². The summed E-state index contributed by atoms with van der Waals surface area (Å²) in [7, 11) is 6.00. The molecular formula is C9H21NO5. The number of aliphatic carboxylic acids is 1. The second-order valence-electron chi connectivity index (χ2n) is 3.01. The number of nitrogens with zero attached hydrogens (tertiary/aromatic N) is 1. The van der Waals surface area contributed by atoms with Crippen molar-refractivity contribution in [3.8, 4) is 0 Å². The fraction of sp³-hybridized carbons (Fsp3) is 0.667. The summed E-state index contributed by atoms with van der Waals surface area (Å²) in [5.74, 6) is -3.44. The normalized spacial score (nSPS) is 9.33. The van der Waals surface area contributed by atoms with Gasteiger partial charge >= 0.3 is 5.97 Å². The van der Waals surface area contributed by atoms with Gasteiger partial charge in [0.1, 0.15) is 0 Å². The first kappa shape index (κ1) is 19.6. The Labute approximate surface area is 90.1 Å². The van der Waals surface area contributed by atoms with Crippen molar-refractivity contribution >= 4 is 5.97 Å². The van der Waals surface area contributed by atoms with Gasteiger partial charge in [-0.1, -0.05) is 13.5 Å². The number of aliphatic hydroxyl groups is 3. The Kier molecular flexibility index (Phi) is 14.5. The molecular weight excluding hydrogens is 202 g/mol. The zero-order valence-electron chi connectivity index (χ0n) is 9.64. The highest BCUT2D eigenvalue weighted by Crippen LogP contribution is 1.95. The Morgan fingerprint density at radius 1 is 1.33 bits per heavy atom. The molecule has 0 aromatic heterocycles. The predicted molar refractivity (Wildman–Crippen MR) is 57.1 cm³/mol. The van der Waals surface area contributed by atoms with E-state index in [2.05, 4.69) is 6.58 Å². The lowest BCUT2D eigenvalue weighted by Crippen LogP contribution is -2.24. The maximum Gasteiger partial charge on any atom is 0.327 e. The van der Waals surface area contributed by atoms with Gasteiger partial charge in [-0.15, -0.1) is 0 Å². The van der Waals surface area contributed by atoms with E-state index in [1.807, 2.05) is 26.0 Å². The molecule has 0 heterocycles. The van der Waals surface area contributed by atoms with Crippen LogP contribution < -0.4 is 0 Å². The number of hydrogen-bond acceptors (Lipinski definition) is 5. The first-order valence-corrected chi connectivity index (χ1v) is 4.20. The van der Waals surface area contributed by atoms with Crippen LogP contribution in [0.5, 0.6) is 0 Å². The van der Waals surface area contributed by atoms with Crippen LogP contribution in [0.4, 0.5) is 0 Å². The number of carboxylic acids is 1. The fourth-order valence-electron chi connectivity index (χ4n) is 0. The Morgan fingerprint density at radius 2 is 1.47 bits per heavy atom. The lowest BCUT2D eigenvalue weighted by molar-refractivity contribution is -0.312. The Bertz CT molecular complexity index is 160. The lowest BCUT2D eigenvalue weighted by atomic mass is 10.4. The minimum Gasteiger partial charge on any atom is -0.478 e. The molecule has 0 radical (unpaired) electrons. The van der Waals surface area contributed by atoms with Gasteiger partial charge in [-0.05, 0) is 21.1 Å². The first-order chi connectivity index (χ1) is 6.56. The van der Waals surface area contributed by atoms with E-state index in [4.69, 9.17) is 20.4 Å². The minimum atomic E-state index is -2.46. The summed E-state index contributed by atoms with van der Waals surface area (Å²) in [6.45, 7) is 4.42. The quantitative estimate of drug-likeness (QED) is 0.370. The SMILES string of the molecule is C=CC(=O)O.CCC(O)(O)O.CN(C)C. The highest BCUT2D eigenvalue weighted by molar-refractivity contribution is 5.78. The molecule has 0 fully saturated rings. The van der Waals surface area contributed by atoms with E-state index in [1.165, 1.54) is 6.92 Å². The molecule has 0 aliphatic rings. The number of carboxylic acid groups (broad SMARTS) is 1. The summed E-state index contributed by atoms with van der Waals surface area (Å²) >= 11 is 0. The predicted octanol–water partition coefficient (Wildman–Crippen LogP) is -0.538. The van der Waals surface area contributed by atoms with Crippen LogP contribution in [-0.4, -0.2) is 58.4 Å². The molecule has 0 aromatic carbocycles. The van der Waals surface area contributed by atoms with Crippen molar-refractivity contribution < 1.29 is 25.2 Å². The molecule has 0 unspecified atom stereocenters. The van der Waals surface area contributed by atoms with Crippen LogP contribution >= 0.6 is 0 Å². The van der Waals surface area contributed by atoms with E-state index in [0.717, 1.165) is 6.08 Å². The van der Waals surface area contributed by atoms with Crippen LogP contribution in [0.1, 0.15) is 13.3 Å². The van der Waals surface area contributed by atoms with Crippen LogP contribution in [0.25, 0.3) is 0 Å². The molecule has 15 heavy (non-hydrogen) atoms. The monoisotopic (exact) mass is 223 g/mol. The van der Waals surface area contributed by atoms with Gasteiger partial charge in [0.25, 0.3) is 5.97 Å². The van der Waals surface area contributed by atoms with Crippen LogP contribution in [-0.2, 0) is 4.79 Å². The molecule has 6 nitrogen and oxygen atoms in total. The van der Waals surface area contributed by atoms with Gasteiger partial charge < -0.3 is 25.3 Å². The van der Waals surface area contributed by atoms with E-state index in [1.54, 1.807) is 0 Å². The summed E-state index contributed by atoms with van der Waals surface area (Å²) in [6, 6.07) is 0. The van der Waals surface area contributed by atoms with E-state index in [9.17, 15) is 4.79 Å². The van der Waals surface area contributed by atoms with Gasteiger partial charge in [0.15, 0.2) is 0 Å². The molecule has 0 spiro atoms. The molecule has 0 aliphatic heterocycles. The van der Waals surface area contributed by atoms with Gasteiger partial charge in [0, 0.05) is 12.5 Å². The van der Waals surface area contributed by atoms with Gasteiger partial charge in [-0.25, -0.2) is 4.79 Å². The van der Waals surface area contributed by atoms with E-state index in [0.29, 0.717) is 0 Å². The second kappa shape index (κ2) is 11.1. The largest absolute Gasteiger partial charge is 0.478 e. The van der Waals surface area contributed by atoms with Gasteiger partial charge in [-0.3, -0.25) is 0 Å². The zero-order chi connectivity index (χ0) is 13.1. The molecule has 0 aromatic rings. The second-order valence-corrected chi connectivity index (χ2v) is 3.01. The Hall–Kier alpha value is -0.950. The molecule has 0 rings (SSSR count). The minimum absolute atomic E-state index is 0.0625. The molecule has 4 N–H and O–H groups in total. The van der Waals surface area contributed by atoms with Crippen molar-refractivity contribution in [2.24, 2.45) is 0 Å². The first-order valence-electron chi connectivity index (χ1n) is 4.20. The Morgan fingerprint density at radius 3 is 1.47 bits per heavy atom. The highest BCUT2D eigenvalue weighted by Gasteiger charge is 2.11. The third kappa shape index (κ3) is 97.1. The number of hydrogen-bond donors (Lipinski definition) is 4. The summed E-state index contributed by atoms with van der Waals surface area (Å²) in [5, 5.41) is 31.4. The standard InChI is InChI=1S/C3H9N.C3H8O3.C3H4O2/c1-4(2)3;1-2-3(4,5)6;1-2-3(4)5/h1-3H3;4-6H,2H2,1H3;2H,1H2,(H,4,5). The molecule has 0 aliphatic carbocycles. The zero-order valence-corrected chi connectivity index (χ0v) is 9.64. The molecule has 0 bridgehead atoms. The number of rotatable bonds is 2. The number of carbonyl (C=O) groups is 1. The van der Waals surface area contributed by atoms with Crippen LogP contribution in [0.2, 0.25) is 0 Å². The van der Waals surface area contributed by atoms with Gasteiger partial charge in [0.2, 0.25) is 0 Å². The van der Waals surface area contributed by atoms with Crippen molar-refractivity contribution in [1.82, 2.24) is 4.90 Å². The van der Waals surface area contributed by atoms with Gasteiger partial charge in [-0.2, -0.15) is 0 Å². The van der Waals surface area contributed by atoms with E-state index >= 15 is 0 Å². The van der Waals surface area contributed by atoms with Crippen molar-refractivity contribution in [3.63, 3.8) is 0 Å². The van der Waals surface area contributed by atoms with Crippen molar-refractivity contribution in [1.29, 1.82) is 0 Å². The van der Waals surface area contributed by atoms with Crippen molar-refractivity contribution in [3.05, 3.63) is 12.7 Å². The Balaban J connectivity index is -0.000000147. The van der Waals surface area contributed by atoms with Gasteiger partial charge in [0.05, 0.1) is 0 Å². The topological polar surface area (TPSA) is 101 Å². The third-order valence-corrected chi connectivity index (χ3v) is 0.649. The molecule has 0 amide bonds. The molecule has 92 valence electrons. The average Bonchev–Trinajstić information content (AvgIpc) is 2.03. The smallest absolute Gasteiger partial charge is 0.327 e. The average molecular weight is 223 g/mol. The van der Waals surface area contributed by atoms with Crippen LogP contribution in [0.15, 0.2) is 12.7 Å². The van der Waals surface area contributed by atoms with E-state index in [-0.39, 0.29) is 6.42 Å². The maximum absolute atomic E-state index is 9.25. The molecule has 0 saturated carbocycles. The van der Waals surface area contributed by atoms with Crippen molar-refractivity contribution in [2.45, 2.75) is 19.3 Å². The highest BCUT2D eigenvalue weighted by atomic mass is 16.7. The molecule has 0 saturated heterocycles. The third-order valence-electron chi connectivity index (χ3n) is 0.649. The maximum atomic E-state index is 9.25. The summed E-state index contributed by atoms with van der Waals surface area (Å²) in [4.78, 5) is 11.2. The summed E-state index contributed by atoms with van der Waals surface area (Å²) < 4.78 is 0. The summed E-state index contributed by atoms with van der Waals surface area (Å²) in [6.07, 6.45) is 0.771.